The third-order valence-electron chi connectivity index (χ3n) is 2.46. The molecule has 0 amide bonds. The van der Waals surface area contributed by atoms with E-state index in [9.17, 15) is 0 Å². The van der Waals surface area contributed by atoms with Crippen LogP contribution in [0.3, 0.4) is 0 Å². The van der Waals surface area contributed by atoms with Gasteiger partial charge in [-0.25, -0.2) is 0 Å². The smallest absolute Gasteiger partial charge is 0.0701 e. The maximum absolute atomic E-state index is 2.40. The van der Waals surface area contributed by atoms with Crippen LogP contribution in [-0.2, 0) is 0 Å². The molecule has 0 radical (unpaired) electrons. The van der Waals surface area contributed by atoms with Crippen LogP contribution < -0.4 is 0 Å². The van der Waals surface area contributed by atoms with E-state index in [4.69, 9.17) is 0 Å². The Morgan fingerprint density at radius 3 is 2.77 bits per heavy atom. The number of hydrogen-bond donors (Lipinski definition) is 0. The normalized spacial score (nSPS) is 18.2. The summed E-state index contributed by atoms with van der Waals surface area (Å²) in [5.74, 6) is 0. The number of likely N-dealkylation sites (N-methyl/N-ethyl adjacent to an activating group) is 1. The van der Waals surface area contributed by atoms with Crippen LogP contribution in [0.25, 0.3) is 0 Å². The van der Waals surface area contributed by atoms with E-state index in [0.29, 0.717) is 0 Å². The Morgan fingerprint density at radius 2 is 2.08 bits per heavy atom. The van der Waals surface area contributed by atoms with Crippen LogP contribution in [0, 0.1) is 0 Å². The van der Waals surface area contributed by atoms with Gasteiger partial charge in [-0.05, 0) is 19.7 Å². The second-order valence-electron chi connectivity index (χ2n) is 3.94. The summed E-state index contributed by atoms with van der Waals surface area (Å²) < 4.78 is 0. The molecule has 0 saturated carbocycles. The molecule has 0 aliphatic carbocycles. The molecule has 1 aliphatic rings. The first-order valence-electron chi connectivity index (χ1n) is 5.42. The zero-order chi connectivity index (χ0) is 9.52. The van der Waals surface area contributed by atoms with E-state index in [-0.39, 0.29) is 0 Å². The predicted octanol–water partition coefficient (Wildman–Crippen LogP) is 2.29. The summed E-state index contributed by atoms with van der Waals surface area (Å²) >= 11 is 0. The summed E-state index contributed by atoms with van der Waals surface area (Å²) in [4.78, 5) is 4.74. The van der Waals surface area contributed by atoms with Gasteiger partial charge >= 0.3 is 0 Å². The van der Waals surface area contributed by atoms with Gasteiger partial charge in [-0.1, -0.05) is 32.3 Å². The molecule has 2 nitrogen and oxygen atoms in total. The number of unbranched alkanes of at least 4 members (excludes halogenated alkanes) is 3. The Kier molecular flexibility index (Phi) is 4.91. The Labute approximate surface area is 82.2 Å². The second-order valence-corrected chi connectivity index (χ2v) is 3.94. The Morgan fingerprint density at radius 1 is 1.23 bits per heavy atom. The van der Waals surface area contributed by atoms with E-state index in [1.165, 1.54) is 32.2 Å². The molecule has 0 aromatic heterocycles. The minimum Gasteiger partial charge on any atom is -0.365 e. The van der Waals surface area contributed by atoms with Crippen molar-refractivity contribution < 1.29 is 0 Å². The molecular formula is C11H22N2. The van der Waals surface area contributed by atoms with Crippen molar-refractivity contribution in [1.29, 1.82) is 0 Å². The van der Waals surface area contributed by atoms with Crippen LogP contribution in [0.5, 0.6) is 0 Å². The third-order valence-corrected chi connectivity index (χ3v) is 2.46. The SMILES string of the molecule is CCCCCCN1C=CCN(C)C1. The zero-order valence-electron chi connectivity index (χ0n) is 9.00. The van der Waals surface area contributed by atoms with Gasteiger partial charge in [-0.2, -0.15) is 0 Å². The van der Waals surface area contributed by atoms with Crippen molar-refractivity contribution in [1.82, 2.24) is 9.80 Å². The molecule has 0 atom stereocenters. The van der Waals surface area contributed by atoms with Gasteiger partial charge in [0.1, 0.15) is 0 Å². The van der Waals surface area contributed by atoms with Crippen molar-refractivity contribution in [2.45, 2.75) is 32.6 Å². The number of hydrogen-bond acceptors (Lipinski definition) is 2. The summed E-state index contributed by atoms with van der Waals surface area (Å²) in [6, 6.07) is 0. The molecule has 0 aromatic carbocycles. The highest BCUT2D eigenvalue weighted by molar-refractivity contribution is 4.89. The highest BCUT2D eigenvalue weighted by Crippen LogP contribution is 2.05. The molecule has 1 aliphatic heterocycles. The van der Waals surface area contributed by atoms with E-state index >= 15 is 0 Å². The van der Waals surface area contributed by atoms with Crippen LogP contribution in [0.1, 0.15) is 32.6 Å². The number of nitrogens with zero attached hydrogens (tertiary/aromatic N) is 2. The van der Waals surface area contributed by atoms with Gasteiger partial charge in [-0.3, -0.25) is 4.90 Å². The third kappa shape index (κ3) is 4.32. The lowest BCUT2D eigenvalue weighted by Crippen LogP contribution is -2.36. The molecule has 2 heteroatoms. The fourth-order valence-electron chi connectivity index (χ4n) is 1.68. The fourth-order valence-corrected chi connectivity index (χ4v) is 1.68. The van der Waals surface area contributed by atoms with Crippen LogP contribution in [0.4, 0.5) is 0 Å². The van der Waals surface area contributed by atoms with Gasteiger partial charge in [0.2, 0.25) is 0 Å². The minimum absolute atomic E-state index is 1.10. The van der Waals surface area contributed by atoms with Crippen LogP contribution in [0.2, 0.25) is 0 Å². The lowest BCUT2D eigenvalue weighted by Gasteiger charge is -2.29. The maximum atomic E-state index is 2.40. The van der Waals surface area contributed by atoms with Crippen molar-refractivity contribution in [2.75, 3.05) is 26.8 Å². The van der Waals surface area contributed by atoms with Gasteiger partial charge in [-0.15, -0.1) is 0 Å². The summed E-state index contributed by atoms with van der Waals surface area (Å²) in [5, 5.41) is 0. The molecule has 76 valence electrons. The van der Waals surface area contributed by atoms with E-state index in [2.05, 4.69) is 36.0 Å². The molecule has 1 heterocycles. The van der Waals surface area contributed by atoms with Gasteiger partial charge in [0.15, 0.2) is 0 Å². The Bertz CT molecular complexity index is 154. The van der Waals surface area contributed by atoms with Gasteiger partial charge < -0.3 is 4.90 Å². The van der Waals surface area contributed by atoms with Crippen molar-refractivity contribution in [3.05, 3.63) is 12.3 Å². The molecule has 0 unspecified atom stereocenters. The number of rotatable bonds is 5. The van der Waals surface area contributed by atoms with Crippen molar-refractivity contribution in [2.24, 2.45) is 0 Å². The van der Waals surface area contributed by atoms with Crippen molar-refractivity contribution in [3.63, 3.8) is 0 Å². The molecule has 0 aromatic rings. The predicted molar refractivity (Wildman–Crippen MR) is 57.5 cm³/mol. The van der Waals surface area contributed by atoms with E-state index in [0.717, 1.165) is 13.2 Å². The van der Waals surface area contributed by atoms with Gasteiger partial charge in [0, 0.05) is 13.1 Å². The van der Waals surface area contributed by atoms with Gasteiger partial charge in [0.25, 0.3) is 0 Å². The van der Waals surface area contributed by atoms with Crippen LogP contribution in [0.15, 0.2) is 12.3 Å². The first-order valence-corrected chi connectivity index (χ1v) is 5.42. The Balaban J connectivity index is 2.07. The van der Waals surface area contributed by atoms with E-state index < -0.39 is 0 Å². The average Bonchev–Trinajstić information content (AvgIpc) is 2.13. The molecule has 1 rings (SSSR count). The lowest BCUT2D eigenvalue weighted by molar-refractivity contribution is 0.197. The molecule has 13 heavy (non-hydrogen) atoms. The fraction of sp³-hybridized carbons (Fsp3) is 0.818. The zero-order valence-corrected chi connectivity index (χ0v) is 9.00. The monoisotopic (exact) mass is 182 g/mol. The van der Waals surface area contributed by atoms with Crippen LogP contribution >= 0.6 is 0 Å². The summed E-state index contributed by atoms with van der Waals surface area (Å²) in [6.45, 7) is 5.68. The largest absolute Gasteiger partial charge is 0.365 e. The summed E-state index contributed by atoms with van der Waals surface area (Å²) in [7, 11) is 2.17. The Hall–Kier alpha value is -0.500. The first kappa shape index (κ1) is 10.6. The van der Waals surface area contributed by atoms with Crippen molar-refractivity contribution in [3.8, 4) is 0 Å². The second kappa shape index (κ2) is 6.03. The molecule has 0 saturated heterocycles. The molecule has 0 spiro atoms. The topological polar surface area (TPSA) is 6.48 Å². The minimum atomic E-state index is 1.10. The molecular weight excluding hydrogens is 160 g/mol. The van der Waals surface area contributed by atoms with Crippen LogP contribution in [-0.4, -0.2) is 36.6 Å². The lowest BCUT2D eigenvalue weighted by atomic mass is 10.2. The standard InChI is InChI=1S/C11H22N2/c1-3-4-5-6-9-13-10-7-8-12(2)11-13/h7,10H,3-6,8-9,11H2,1-2H3. The van der Waals surface area contributed by atoms with Gasteiger partial charge in [0.05, 0.1) is 6.67 Å². The maximum Gasteiger partial charge on any atom is 0.0701 e. The van der Waals surface area contributed by atoms with E-state index in [1.54, 1.807) is 0 Å². The quantitative estimate of drug-likeness (QED) is 0.602. The highest BCUT2D eigenvalue weighted by Gasteiger charge is 2.06. The molecule has 0 bridgehead atoms. The van der Waals surface area contributed by atoms with E-state index in [1.807, 2.05) is 0 Å². The van der Waals surface area contributed by atoms with Crippen molar-refractivity contribution >= 4 is 0 Å². The summed E-state index contributed by atoms with van der Waals surface area (Å²) in [6.07, 6.45) is 9.91. The average molecular weight is 182 g/mol. The molecule has 0 fully saturated rings. The molecule has 0 N–H and O–H groups in total. The summed E-state index contributed by atoms with van der Waals surface area (Å²) in [5.41, 5.74) is 0. The first-order chi connectivity index (χ1) is 6.33. The highest BCUT2D eigenvalue weighted by atomic mass is 15.3.